The van der Waals surface area contributed by atoms with Crippen LogP contribution in [0, 0.1) is 5.82 Å². The maximum Gasteiger partial charge on any atom is 0.258 e. The number of carbonyl (C=O) groups excluding carboxylic acids is 2. The lowest BCUT2D eigenvalue weighted by Crippen LogP contribution is -2.36. The van der Waals surface area contributed by atoms with E-state index in [1.807, 2.05) is 23.1 Å². The molecule has 0 saturated carbocycles. The highest BCUT2D eigenvalue weighted by atomic mass is 19.1. The second kappa shape index (κ2) is 8.13. The third-order valence-corrected chi connectivity index (χ3v) is 5.67. The van der Waals surface area contributed by atoms with Crippen LogP contribution in [0.3, 0.4) is 0 Å². The minimum atomic E-state index is -0.354. The second-order valence-electron chi connectivity index (χ2n) is 7.62. The molecule has 0 unspecified atom stereocenters. The molecule has 4 rings (SSSR count). The second-order valence-corrected chi connectivity index (χ2v) is 7.62. The SMILES string of the molecule is O=C(c1ccc2c(c1)CCCN2C(=O)c1ccc(F)cc1)N1CCCCCC1. The molecule has 4 nitrogen and oxygen atoms in total. The van der Waals surface area contributed by atoms with Crippen molar-refractivity contribution in [2.24, 2.45) is 0 Å². The zero-order chi connectivity index (χ0) is 19.5. The molecule has 0 atom stereocenters. The Balaban J connectivity index is 1.57. The molecule has 2 aromatic carbocycles. The first-order chi connectivity index (χ1) is 13.6. The first-order valence-corrected chi connectivity index (χ1v) is 10.1. The molecule has 0 bridgehead atoms. The fourth-order valence-corrected chi connectivity index (χ4v) is 4.15. The third kappa shape index (κ3) is 3.79. The number of fused-ring (bicyclic) bond motifs is 1. The van der Waals surface area contributed by atoms with Crippen molar-refractivity contribution in [1.82, 2.24) is 4.90 Å². The number of halogens is 1. The molecule has 0 aromatic heterocycles. The Morgan fingerprint density at radius 1 is 0.750 bits per heavy atom. The summed E-state index contributed by atoms with van der Waals surface area (Å²) >= 11 is 0. The molecule has 1 fully saturated rings. The summed E-state index contributed by atoms with van der Waals surface area (Å²) in [6, 6.07) is 11.3. The van der Waals surface area contributed by atoms with Crippen molar-refractivity contribution in [3.05, 3.63) is 65.0 Å². The Hall–Kier alpha value is -2.69. The molecule has 146 valence electrons. The highest BCUT2D eigenvalue weighted by Gasteiger charge is 2.25. The molecule has 0 radical (unpaired) electrons. The summed E-state index contributed by atoms with van der Waals surface area (Å²) in [5.74, 6) is -0.397. The van der Waals surface area contributed by atoms with Crippen molar-refractivity contribution in [3.63, 3.8) is 0 Å². The van der Waals surface area contributed by atoms with Crippen LogP contribution in [0.15, 0.2) is 42.5 Å². The van der Waals surface area contributed by atoms with Crippen LogP contribution in [-0.4, -0.2) is 36.3 Å². The van der Waals surface area contributed by atoms with Gasteiger partial charge in [-0.05, 0) is 73.7 Å². The largest absolute Gasteiger partial charge is 0.339 e. The molecule has 2 aromatic rings. The summed E-state index contributed by atoms with van der Waals surface area (Å²) in [7, 11) is 0. The lowest BCUT2D eigenvalue weighted by Gasteiger charge is -2.30. The lowest BCUT2D eigenvalue weighted by atomic mass is 9.98. The van der Waals surface area contributed by atoms with Crippen molar-refractivity contribution < 1.29 is 14.0 Å². The molecule has 0 spiro atoms. The van der Waals surface area contributed by atoms with Gasteiger partial charge in [0.25, 0.3) is 11.8 Å². The van der Waals surface area contributed by atoms with E-state index in [1.54, 1.807) is 4.90 Å². The fraction of sp³-hybridized carbons (Fsp3) is 0.391. The Kier molecular flexibility index (Phi) is 5.42. The van der Waals surface area contributed by atoms with Crippen molar-refractivity contribution in [2.75, 3.05) is 24.5 Å². The highest BCUT2D eigenvalue weighted by Crippen LogP contribution is 2.30. The quantitative estimate of drug-likeness (QED) is 0.773. The van der Waals surface area contributed by atoms with E-state index in [4.69, 9.17) is 0 Å². The van der Waals surface area contributed by atoms with Crippen molar-refractivity contribution in [3.8, 4) is 0 Å². The number of hydrogen-bond donors (Lipinski definition) is 0. The molecule has 2 aliphatic heterocycles. The van der Waals surface area contributed by atoms with Crippen LogP contribution in [0.25, 0.3) is 0 Å². The Morgan fingerprint density at radius 2 is 1.43 bits per heavy atom. The Labute approximate surface area is 164 Å². The average molecular weight is 380 g/mol. The highest BCUT2D eigenvalue weighted by molar-refractivity contribution is 6.07. The minimum absolute atomic E-state index is 0.0895. The van der Waals surface area contributed by atoms with E-state index < -0.39 is 0 Å². The first kappa shape index (κ1) is 18.7. The van der Waals surface area contributed by atoms with Crippen LogP contribution in [0.4, 0.5) is 10.1 Å². The van der Waals surface area contributed by atoms with E-state index in [2.05, 4.69) is 0 Å². The predicted octanol–water partition coefficient (Wildman–Crippen LogP) is 4.43. The number of likely N-dealkylation sites (tertiary alicyclic amines) is 1. The summed E-state index contributed by atoms with van der Waals surface area (Å²) < 4.78 is 13.2. The van der Waals surface area contributed by atoms with Gasteiger partial charge in [0.1, 0.15) is 5.82 Å². The van der Waals surface area contributed by atoms with Gasteiger partial charge in [0.2, 0.25) is 0 Å². The van der Waals surface area contributed by atoms with Crippen LogP contribution in [0.2, 0.25) is 0 Å². The molecule has 5 heteroatoms. The van der Waals surface area contributed by atoms with E-state index in [-0.39, 0.29) is 17.6 Å². The van der Waals surface area contributed by atoms with Crippen molar-refractivity contribution in [2.45, 2.75) is 38.5 Å². The zero-order valence-corrected chi connectivity index (χ0v) is 16.0. The van der Waals surface area contributed by atoms with Crippen LogP contribution in [-0.2, 0) is 6.42 Å². The van der Waals surface area contributed by atoms with Gasteiger partial charge in [0, 0.05) is 36.4 Å². The van der Waals surface area contributed by atoms with Crippen LogP contribution < -0.4 is 4.90 Å². The molecule has 2 heterocycles. The minimum Gasteiger partial charge on any atom is -0.339 e. The smallest absolute Gasteiger partial charge is 0.258 e. The van der Waals surface area contributed by atoms with Gasteiger partial charge in [-0.1, -0.05) is 12.8 Å². The number of aryl methyl sites for hydroxylation is 1. The number of rotatable bonds is 2. The predicted molar refractivity (Wildman–Crippen MR) is 107 cm³/mol. The van der Waals surface area contributed by atoms with Crippen LogP contribution in [0.1, 0.15) is 58.4 Å². The lowest BCUT2D eigenvalue weighted by molar-refractivity contribution is 0.0761. The molecule has 1 saturated heterocycles. The van der Waals surface area contributed by atoms with Gasteiger partial charge in [-0.25, -0.2) is 4.39 Å². The van der Waals surface area contributed by atoms with Gasteiger partial charge in [-0.15, -0.1) is 0 Å². The number of carbonyl (C=O) groups is 2. The van der Waals surface area contributed by atoms with E-state index in [0.717, 1.165) is 50.0 Å². The summed E-state index contributed by atoms with van der Waals surface area (Å²) in [5.41, 5.74) is 3.06. The van der Waals surface area contributed by atoms with Gasteiger partial charge >= 0.3 is 0 Å². The molecule has 0 N–H and O–H groups in total. The number of anilines is 1. The van der Waals surface area contributed by atoms with E-state index in [0.29, 0.717) is 17.7 Å². The monoisotopic (exact) mass is 380 g/mol. The third-order valence-electron chi connectivity index (χ3n) is 5.67. The normalized spacial score (nSPS) is 17.0. The van der Waals surface area contributed by atoms with Crippen molar-refractivity contribution in [1.29, 1.82) is 0 Å². The average Bonchev–Trinajstić information content (AvgIpc) is 3.02. The number of hydrogen-bond acceptors (Lipinski definition) is 2. The Bertz CT molecular complexity index is 871. The molecule has 2 aliphatic rings. The van der Waals surface area contributed by atoms with Gasteiger partial charge in [0.15, 0.2) is 0 Å². The van der Waals surface area contributed by atoms with Gasteiger partial charge in [-0.2, -0.15) is 0 Å². The number of nitrogens with zero attached hydrogens (tertiary/aromatic N) is 2. The van der Waals surface area contributed by atoms with E-state index in [1.165, 1.54) is 37.1 Å². The van der Waals surface area contributed by atoms with Crippen LogP contribution >= 0.6 is 0 Å². The molecule has 2 amide bonds. The molecular weight excluding hydrogens is 355 g/mol. The number of benzene rings is 2. The maximum absolute atomic E-state index is 13.2. The summed E-state index contributed by atoms with van der Waals surface area (Å²) in [6.07, 6.45) is 6.21. The molecule has 28 heavy (non-hydrogen) atoms. The van der Waals surface area contributed by atoms with Gasteiger partial charge in [0.05, 0.1) is 0 Å². The Morgan fingerprint density at radius 3 is 2.14 bits per heavy atom. The van der Waals surface area contributed by atoms with Crippen LogP contribution in [0.5, 0.6) is 0 Å². The van der Waals surface area contributed by atoms with E-state index >= 15 is 0 Å². The summed E-state index contributed by atoms with van der Waals surface area (Å²) in [5, 5.41) is 0. The molecular formula is C23H25FN2O2. The van der Waals surface area contributed by atoms with Crippen molar-refractivity contribution >= 4 is 17.5 Å². The fourth-order valence-electron chi connectivity index (χ4n) is 4.15. The topological polar surface area (TPSA) is 40.6 Å². The molecule has 0 aliphatic carbocycles. The maximum atomic E-state index is 13.2. The number of amides is 2. The standard InChI is InChI=1S/C23H25FN2O2/c24-20-10-7-17(8-11-20)23(28)26-15-5-6-18-16-19(9-12-21(18)26)22(27)25-13-3-1-2-4-14-25/h7-12,16H,1-6,13-15H2. The first-order valence-electron chi connectivity index (χ1n) is 10.1. The summed E-state index contributed by atoms with van der Waals surface area (Å²) in [4.78, 5) is 29.5. The summed E-state index contributed by atoms with van der Waals surface area (Å²) in [6.45, 7) is 2.28. The van der Waals surface area contributed by atoms with E-state index in [9.17, 15) is 14.0 Å². The van der Waals surface area contributed by atoms with Gasteiger partial charge in [-0.3, -0.25) is 9.59 Å². The zero-order valence-electron chi connectivity index (χ0n) is 16.0. The van der Waals surface area contributed by atoms with Gasteiger partial charge < -0.3 is 9.80 Å².